The van der Waals surface area contributed by atoms with Crippen molar-refractivity contribution >= 4 is 5.69 Å². The topological polar surface area (TPSA) is 60.5 Å². The van der Waals surface area contributed by atoms with Crippen LogP contribution in [0.15, 0.2) is 18.2 Å². The van der Waals surface area contributed by atoms with Crippen molar-refractivity contribution in [2.24, 2.45) is 0 Å². The van der Waals surface area contributed by atoms with E-state index in [-0.39, 0.29) is 6.10 Å². The first-order chi connectivity index (χ1) is 14.2. The number of ether oxygens (including phenoxy) is 1. The maximum absolute atomic E-state index is 5.82. The molecular formula is C22H35N6O+. The average molecular weight is 400 g/mol. The van der Waals surface area contributed by atoms with Crippen LogP contribution in [0.3, 0.4) is 0 Å². The van der Waals surface area contributed by atoms with Crippen molar-refractivity contribution in [3.8, 4) is 0 Å². The van der Waals surface area contributed by atoms with E-state index < -0.39 is 0 Å². The zero-order valence-electron chi connectivity index (χ0n) is 18.1. The summed E-state index contributed by atoms with van der Waals surface area (Å²) in [5, 5.41) is 12.8. The van der Waals surface area contributed by atoms with Gasteiger partial charge in [0.05, 0.1) is 38.8 Å². The van der Waals surface area contributed by atoms with Gasteiger partial charge >= 0.3 is 0 Å². The molecule has 2 atom stereocenters. The molecule has 0 radical (unpaired) electrons. The fourth-order valence-corrected chi connectivity index (χ4v) is 4.84. The van der Waals surface area contributed by atoms with Gasteiger partial charge in [-0.3, -0.25) is 0 Å². The van der Waals surface area contributed by atoms with E-state index in [1.165, 1.54) is 16.8 Å². The maximum atomic E-state index is 5.82. The van der Waals surface area contributed by atoms with Crippen molar-refractivity contribution in [2.45, 2.75) is 65.1 Å². The number of quaternary nitrogens is 1. The van der Waals surface area contributed by atoms with Gasteiger partial charge in [0.2, 0.25) is 5.82 Å². The van der Waals surface area contributed by atoms with Crippen LogP contribution in [0.2, 0.25) is 0 Å². The van der Waals surface area contributed by atoms with Crippen LogP contribution >= 0.6 is 0 Å². The van der Waals surface area contributed by atoms with Crippen molar-refractivity contribution in [2.75, 3.05) is 37.7 Å². The highest BCUT2D eigenvalue weighted by Crippen LogP contribution is 2.23. The number of aromatic nitrogens is 4. The molecule has 2 aliphatic rings. The van der Waals surface area contributed by atoms with Gasteiger partial charge < -0.3 is 14.5 Å². The van der Waals surface area contributed by atoms with Crippen LogP contribution in [-0.4, -0.2) is 59.1 Å². The number of anilines is 1. The van der Waals surface area contributed by atoms with E-state index in [0.717, 1.165) is 70.8 Å². The summed E-state index contributed by atoms with van der Waals surface area (Å²) >= 11 is 0. The number of tetrazole rings is 1. The van der Waals surface area contributed by atoms with Crippen molar-refractivity contribution < 1.29 is 9.64 Å². The third kappa shape index (κ3) is 4.46. The summed E-state index contributed by atoms with van der Waals surface area (Å²) in [6.07, 6.45) is 4.77. The quantitative estimate of drug-likeness (QED) is 0.768. The van der Waals surface area contributed by atoms with Crippen LogP contribution < -0.4 is 9.80 Å². The molecule has 2 aromatic rings. The predicted molar refractivity (Wildman–Crippen MR) is 113 cm³/mol. The van der Waals surface area contributed by atoms with Gasteiger partial charge in [-0.25, -0.2) is 4.68 Å². The molecule has 4 rings (SSSR count). The largest absolute Gasteiger partial charge is 0.376 e. The van der Waals surface area contributed by atoms with Gasteiger partial charge in [-0.2, -0.15) is 0 Å². The molecule has 3 heterocycles. The highest BCUT2D eigenvalue weighted by molar-refractivity contribution is 5.56. The Kier molecular flexibility index (Phi) is 6.45. The summed E-state index contributed by atoms with van der Waals surface area (Å²) in [4.78, 5) is 4.15. The molecule has 1 aromatic carbocycles. The number of aryl methyl sites for hydroxylation is 1. The molecule has 158 valence electrons. The van der Waals surface area contributed by atoms with E-state index in [0.29, 0.717) is 6.04 Å². The predicted octanol–water partition coefficient (Wildman–Crippen LogP) is 1.72. The Hall–Kier alpha value is -1.99. The first-order valence-corrected chi connectivity index (χ1v) is 11.2. The third-order valence-corrected chi connectivity index (χ3v) is 6.66. The summed E-state index contributed by atoms with van der Waals surface area (Å²) in [6.45, 7) is 12.7. The minimum atomic E-state index is 0.260. The van der Waals surface area contributed by atoms with E-state index in [1.807, 2.05) is 4.68 Å². The second-order valence-electron chi connectivity index (χ2n) is 8.56. The van der Waals surface area contributed by atoms with Crippen molar-refractivity contribution in [3.05, 3.63) is 35.2 Å². The monoisotopic (exact) mass is 399 g/mol. The Balaban J connectivity index is 1.45. The molecule has 0 bridgehead atoms. The molecule has 0 spiro atoms. The van der Waals surface area contributed by atoms with Gasteiger partial charge in [-0.05, 0) is 54.3 Å². The zero-order chi connectivity index (χ0) is 20.2. The van der Waals surface area contributed by atoms with E-state index in [2.05, 4.69) is 59.4 Å². The summed E-state index contributed by atoms with van der Waals surface area (Å²) in [7, 11) is 0. The minimum absolute atomic E-state index is 0.260. The normalized spacial score (nSPS) is 21.6. The molecule has 7 heteroatoms. The van der Waals surface area contributed by atoms with Gasteiger partial charge in [0.1, 0.15) is 6.04 Å². The Morgan fingerprint density at radius 2 is 2.07 bits per heavy atom. The van der Waals surface area contributed by atoms with Crippen LogP contribution in [0.5, 0.6) is 0 Å². The number of nitrogens with zero attached hydrogens (tertiary/aromatic N) is 5. The molecule has 0 saturated carbocycles. The fraction of sp³-hybridized carbons (Fsp3) is 0.682. The van der Waals surface area contributed by atoms with Crippen molar-refractivity contribution in [1.29, 1.82) is 0 Å². The molecule has 1 aromatic heterocycles. The number of benzene rings is 1. The molecule has 0 unspecified atom stereocenters. The number of rotatable bonds is 7. The lowest BCUT2D eigenvalue weighted by Crippen LogP contribution is -3.15. The molecule has 2 fully saturated rings. The number of hydrogen-bond acceptors (Lipinski definition) is 5. The number of hydrogen-bond donors (Lipinski definition) is 1. The Bertz CT molecular complexity index is 792. The van der Waals surface area contributed by atoms with Gasteiger partial charge in [-0.1, -0.05) is 25.5 Å². The van der Waals surface area contributed by atoms with E-state index in [1.54, 1.807) is 4.90 Å². The van der Waals surface area contributed by atoms with Gasteiger partial charge in [0.15, 0.2) is 0 Å². The Morgan fingerprint density at radius 3 is 2.79 bits per heavy atom. The summed E-state index contributed by atoms with van der Waals surface area (Å²) in [6, 6.07) is 7.00. The molecule has 2 saturated heterocycles. The highest BCUT2D eigenvalue weighted by Gasteiger charge is 2.33. The van der Waals surface area contributed by atoms with Gasteiger partial charge in [0.25, 0.3) is 0 Å². The molecule has 7 nitrogen and oxygen atoms in total. The third-order valence-electron chi connectivity index (χ3n) is 6.66. The number of piperazine rings is 1. The summed E-state index contributed by atoms with van der Waals surface area (Å²) < 4.78 is 7.83. The van der Waals surface area contributed by atoms with Gasteiger partial charge in [0, 0.05) is 18.7 Å². The maximum Gasteiger partial charge on any atom is 0.209 e. The molecule has 0 aliphatic carbocycles. The van der Waals surface area contributed by atoms with Crippen LogP contribution in [0.1, 0.15) is 55.6 Å². The van der Waals surface area contributed by atoms with Crippen LogP contribution in [0.4, 0.5) is 5.69 Å². The lowest BCUT2D eigenvalue weighted by molar-refractivity contribution is -0.933. The Labute approximate surface area is 174 Å². The highest BCUT2D eigenvalue weighted by atomic mass is 16.5. The summed E-state index contributed by atoms with van der Waals surface area (Å²) in [5.41, 5.74) is 4.16. The SMILES string of the molecule is CCC[C@@H](c1nnnn1C[C@@H]1CCCO1)[NH+]1CCN(c2cccc(C)c2C)CC1. The first kappa shape index (κ1) is 20.3. The van der Waals surface area contributed by atoms with Crippen LogP contribution in [0, 0.1) is 13.8 Å². The molecule has 2 aliphatic heterocycles. The zero-order valence-corrected chi connectivity index (χ0v) is 18.1. The standard InChI is InChI=1S/C22H34N6O/c1-4-7-21(22-23-24-25-28(22)16-19-9-6-15-29-19)27-13-11-26(12-14-27)20-10-5-8-17(2)18(20)3/h5,8,10,19,21H,4,6-7,9,11-16H2,1-3H3/p+1/t19-,21-/m0/s1. The smallest absolute Gasteiger partial charge is 0.209 e. The minimum Gasteiger partial charge on any atom is -0.376 e. The second-order valence-corrected chi connectivity index (χ2v) is 8.56. The van der Waals surface area contributed by atoms with E-state index in [9.17, 15) is 0 Å². The average Bonchev–Trinajstić information content (AvgIpc) is 3.41. The van der Waals surface area contributed by atoms with Crippen LogP contribution in [-0.2, 0) is 11.3 Å². The molecular weight excluding hydrogens is 364 g/mol. The number of nitrogens with one attached hydrogen (secondary N) is 1. The first-order valence-electron chi connectivity index (χ1n) is 11.2. The Morgan fingerprint density at radius 1 is 1.24 bits per heavy atom. The van der Waals surface area contributed by atoms with E-state index >= 15 is 0 Å². The van der Waals surface area contributed by atoms with E-state index in [4.69, 9.17) is 4.74 Å². The van der Waals surface area contributed by atoms with Crippen LogP contribution in [0.25, 0.3) is 0 Å². The second kappa shape index (κ2) is 9.22. The lowest BCUT2D eigenvalue weighted by Gasteiger charge is -2.37. The van der Waals surface area contributed by atoms with Gasteiger partial charge in [-0.15, -0.1) is 5.10 Å². The molecule has 1 N–H and O–H groups in total. The fourth-order valence-electron chi connectivity index (χ4n) is 4.84. The van der Waals surface area contributed by atoms with Crippen molar-refractivity contribution in [3.63, 3.8) is 0 Å². The lowest BCUT2D eigenvalue weighted by atomic mass is 10.1. The molecule has 0 amide bonds. The molecule has 29 heavy (non-hydrogen) atoms. The summed E-state index contributed by atoms with van der Waals surface area (Å²) in [5.74, 6) is 1.04. The van der Waals surface area contributed by atoms with Crippen molar-refractivity contribution in [1.82, 2.24) is 20.2 Å².